The van der Waals surface area contributed by atoms with E-state index in [0.717, 1.165) is 32.1 Å². The zero-order valence-electron chi connectivity index (χ0n) is 23.1. The fraction of sp³-hybridized carbons (Fsp3) is 0.444. The van der Waals surface area contributed by atoms with Crippen LogP contribution in [-0.2, 0) is 9.53 Å². The normalized spacial score (nSPS) is 18.8. The van der Waals surface area contributed by atoms with E-state index in [9.17, 15) is 14.7 Å². The number of furan rings is 1. The number of amides is 2. The fourth-order valence-corrected chi connectivity index (χ4v) is 4.42. The third-order valence-electron chi connectivity index (χ3n) is 6.51. The lowest BCUT2D eigenvalue weighted by Crippen LogP contribution is -2.45. The van der Waals surface area contributed by atoms with Crippen LogP contribution < -0.4 is 30.4 Å². The van der Waals surface area contributed by atoms with Gasteiger partial charge in [-0.05, 0) is 44.7 Å². The van der Waals surface area contributed by atoms with Crippen LogP contribution in [0.15, 0.2) is 51.1 Å². The number of benzene rings is 1. The molecule has 40 heavy (non-hydrogen) atoms. The van der Waals surface area contributed by atoms with E-state index in [1.165, 1.54) is 13.3 Å². The van der Waals surface area contributed by atoms with Crippen molar-refractivity contribution in [2.75, 3.05) is 58.5 Å². The number of aliphatic hydroxyl groups excluding tert-OH is 1. The highest BCUT2D eigenvalue weighted by Gasteiger charge is 2.32. The largest absolute Gasteiger partial charge is 0.490 e. The minimum Gasteiger partial charge on any atom is -0.490 e. The molecule has 2 aliphatic heterocycles. The Morgan fingerprint density at radius 1 is 1.23 bits per heavy atom. The van der Waals surface area contributed by atoms with Crippen LogP contribution >= 0.6 is 0 Å². The van der Waals surface area contributed by atoms with Gasteiger partial charge in [-0.2, -0.15) is 5.10 Å². The standard InChI is InChI=1S/C27H36N6O7/c1-5-38-21-14-18(25-24(26(35)37-4)17(2)29-27(36)30-25)6-8-20(21)39-16-22(34)31-28-15-19-7-9-23(40-19)33-12-10-32(3)11-13-33/h6-9,14-15,22,25,31,34H,5,10-13,16H2,1-4H3,(H2,29,30,36)/b28-15-/t22-,25-/m1/s1. The van der Waals surface area contributed by atoms with Gasteiger partial charge in [0.05, 0.1) is 31.5 Å². The Hall–Kier alpha value is -4.23. The number of aliphatic hydroxyl groups is 1. The summed E-state index contributed by atoms with van der Waals surface area (Å²) < 4.78 is 22.3. The van der Waals surface area contributed by atoms with Crippen molar-refractivity contribution >= 4 is 24.1 Å². The molecular weight excluding hydrogens is 520 g/mol. The number of carbonyl (C=O) groups is 2. The summed E-state index contributed by atoms with van der Waals surface area (Å²) in [4.78, 5) is 29.0. The highest BCUT2D eigenvalue weighted by Crippen LogP contribution is 2.35. The number of hydrogen-bond donors (Lipinski definition) is 4. The maximum Gasteiger partial charge on any atom is 0.337 e. The van der Waals surface area contributed by atoms with Crippen LogP contribution in [0.3, 0.4) is 0 Å². The SMILES string of the molecule is CCOc1cc([C@H]2NC(=O)NC(C)=C2C(=O)OC)ccc1OC[C@@H](O)N/N=C\c1ccc(N2CCN(C)CC2)o1. The van der Waals surface area contributed by atoms with Crippen LogP contribution in [0.4, 0.5) is 10.7 Å². The van der Waals surface area contributed by atoms with Crippen LogP contribution in [0.5, 0.6) is 11.5 Å². The predicted molar refractivity (Wildman–Crippen MR) is 147 cm³/mol. The van der Waals surface area contributed by atoms with E-state index in [-0.39, 0.29) is 12.2 Å². The minimum atomic E-state index is -1.11. The Balaban J connectivity index is 1.36. The molecule has 0 unspecified atom stereocenters. The quantitative estimate of drug-likeness (QED) is 0.139. The number of rotatable bonds is 11. The molecule has 2 aliphatic rings. The van der Waals surface area contributed by atoms with Gasteiger partial charge in [0.25, 0.3) is 0 Å². The van der Waals surface area contributed by atoms with E-state index in [1.807, 2.05) is 19.1 Å². The van der Waals surface area contributed by atoms with Gasteiger partial charge in [-0.15, -0.1) is 0 Å². The molecule has 1 saturated heterocycles. The third kappa shape index (κ3) is 7.04. The molecule has 0 saturated carbocycles. The zero-order chi connectivity index (χ0) is 28.6. The Bertz CT molecular complexity index is 1250. The fourth-order valence-electron chi connectivity index (χ4n) is 4.42. The van der Waals surface area contributed by atoms with E-state index in [4.69, 9.17) is 18.6 Å². The lowest BCUT2D eigenvalue weighted by Gasteiger charge is -2.32. The Kier molecular flexibility index (Phi) is 9.51. The molecule has 0 aliphatic carbocycles. The third-order valence-corrected chi connectivity index (χ3v) is 6.51. The minimum absolute atomic E-state index is 0.127. The summed E-state index contributed by atoms with van der Waals surface area (Å²) in [6.45, 7) is 7.43. The van der Waals surface area contributed by atoms with Crippen molar-refractivity contribution in [1.29, 1.82) is 0 Å². The maximum absolute atomic E-state index is 12.4. The second-order valence-electron chi connectivity index (χ2n) is 9.38. The number of anilines is 1. The van der Waals surface area contributed by atoms with Crippen molar-refractivity contribution in [2.45, 2.75) is 26.1 Å². The van der Waals surface area contributed by atoms with Crippen molar-refractivity contribution in [3.8, 4) is 11.5 Å². The van der Waals surface area contributed by atoms with Gasteiger partial charge in [-0.1, -0.05) is 6.07 Å². The highest BCUT2D eigenvalue weighted by atomic mass is 16.5. The first-order chi connectivity index (χ1) is 19.3. The van der Waals surface area contributed by atoms with Gasteiger partial charge in [0.15, 0.2) is 23.6 Å². The number of likely N-dealkylation sites (N-methyl/N-ethyl adjacent to an activating group) is 1. The van der Waals surface area contributed by atoms with Crippen LogP contribution in [0.2, 0.25) is 0 Å². The van der Waals surface area contributed by atoms with Crippen LogP contribution in [-0.4, -0.2) is 88.0 Å². The topological polar surface area (TPSA) is 150 Å². The van der Waals surface area contributed by atoms with Crippen molar-refractivity contribution in [2.24, 2.45) is 5.10 Å². The molecule has 1 aromatic carbocycles. The van der Waals surface area contributed by atoms with Crippen molar-refractivity contribution < 1.29 is 33.3 Å². The molecule has 1 aromatic heterocycles. The molecular formula is C27H36N6O7. The number of allylic oxidation sites excluding steroid dienone is 1. The molecule has 3 heterocycles. The van der Waals surface area contributed by atoms with Gasteiger partial charge < -0.3 is 44.2 Å². The number of ether oxygens (including phenoxy) is 3. The number of nitrogens with one attached hydrogen (secondary N) is 3. The first-order valence-corrected chi connectivity index (χ1v) is 13.0. The molecule has 13 heteroatoms. The maximum atomic E-state index is 12.4. The molecule has 2 atom stereocenters. The average molecular weight is 557 g/mol. The molecule has 13 nitrogen and oxygen atoms in total. The van der Waals surface area contributed by atoms with Gasteiger partial charge in [-0.3, -0.25) is 5.43 Å². The van der Waals surface area contributed by atoms with Crippen molar-refractivity contribution in [3.63, 3.8) is 0 Å². The van der Waals surface area contributed by atoms with Crippen molar-refractivity contribution in [3.05, 3.63) is 52.9 Å². The second-order valence-corrected chi connectivity index (χ2v) is 9.38. The lowest BCUT2D eigenvalue weighted by molar-refractivity contribution is -0.136. The molecule has 4 N–H and O–H groups in total. The summed E-state index contributed by atoms with van der Waals surface area (Å²) in [5.41, 5.74) is 3.89. The Labute approximate surface area is 232 Å². The molecule has 0 radical (unpaired) electrons. The monoisotopic (exact) mass is 556 g/mol. The van der Waals surface area contributed by atoms with E-state index >= 15 is 0 Å². The Morgan fingerprint density at radius 3 is 2.73 bits per heavy atom. The zero-order valence-corrected chi connectivity index (χ0v) is 23.1. The van der Waals surface area contributed by atoms with Crippen molar-refractivity contribution in [1.82, 2.24) is 21.0 Å². The molecule has 4 rings (SSSR count). The average Bonchev–Trinajstić information content (AvgIpc) is 3.41. The summed E-state index contributed by atoms with van der Waals surface area (Å²) >= 11 is 0. The number of piperazine rings is 1. The number of nitrogens with zero attached hydrogens (tertiary/aromatic N) is 3. The second kappa shape index (κ2) is 13.2. The van der Waals surface area contributed by atoms with E-state index in [2.05, 4.69) is 38.0 Å². The van der Waals surface area contributed by atoms with Crippen LogP contribution in [0.25, 0.3) is 0 Å². The smallest absolute Gasteiger partial charge is 0.337 e. The molecule has 2 amide bonds. The number of methoxy groups -OCH3 is 1. The number of carbonyl (C=O) groups excluding carboxylic acids is 2. The first-order valence-electron chi connectivity index (χ1n) is 13.0. The van der Waals surface area contributed by atoms with Gasteiger partial charge in [0.1, 0.15) is 12.4 Å². The van der Waals surface area contributed by atoms with Gasteiger partial charge in [0, 0.05) is 37.9 Å². The van der Waals surface area contributed by atoms with E-state index in [0.29, 0.717) is 35.1 Å². The van der Waals surface area contributed by atoms with E-state index < -0.39 is 24.3 Å². The first kappa shape index (κ1) is 28.8. The summed E-state index contributed by atoms with van der Waals surface area (Å²) in [6.07, 6.45) is 0.378. The van der Waals surface area contributed by atoms with Crippen LogP contribution in [0, 0.1) is 0 Å². The number of urea groups is 1. The van der Waals surface area contributed by atoms with Gasteiger partial charge in [-0.25, -0.2) is 9.59 Å². The number of esters is 1. The summed E-state index contributed by atoms with van der Waals surface area (Å²) in [5.74, 6) is 1.55. The predicted octanol–water partition coefficient (Wildman–Crippen LogP) is 1.55. The summed E-state index contributed by atoms with van der Waals surface area (Å²) in [7, 11) is 3.38. The highest BCUT2D eigenvalue weighted by molar-refractivity contribution is 5.95. The lowest BCUT2D eigenvalue weighted by atomic mass is 9.95. The molecule has 0 bridgehead atoms. The van der Waals surface area contributed by atoms with Crippen LogP contribution in [0.1, 0.15) is 31.2 Å². The number of hydrogen-bond acceptors (Lipinski definition) is 11. The van der Waals surface area contributed by atoms with Gasteiger partial charge >= 0.3 is 12.0 Å². The molecule has 1 fully saturated rings. The molecule has 0 spiro atoms. The summed E-state index contributed by atoms with van der Waals surface area (Å²) in [6, 6.07) is 7.59. The Morgan fingerprint density at radius 2 is 2.00 bits per heavy atom. The number of hydrazone groups is 1. The van der Waals surface area contributed by atoms with E-state index in [1.54, 1.807) is 25.1 Å². The molecule has 216 valence electrons. The van der Waals surface area contributed by atoms with Gasteiger partial charge in [0.2, 0.25) is 0 Å². The summed E-state index contributed by atoms with van der Waals surface area (Å²) in [5, 5.41) is 19.7. The molecule has 2 aromatic rings.